The number of carbonyl (C=O) groups is 1. The summed E-state index contributed by atoms with van der Waals surface area (Å²) < 4.78 is 0. The topological polar surface area (TPSA) is 71.2 Å². The van der Waals surface area contributed by atoms with Gasteiger partial charge < -0.3 is 10.3 Å². The Morgan fingerprint density at radius 1 is 1.65 bits per heavy atom. The lowest BCUT2D eigenvalue weighted by Crippen LogP contribution is -2.35. The predicted octanol–water partition coefficient (Wildman–Crippen LogP) is 1.63. The third-order valence-electron chi connectivity index (χ3n) is 2.86. The van der Waals surface area contributed by atoms with Gasteiger partial charge in [0.25, 0.3) is 5.91 Å². The minimum absolute atomic E-state index is 0.0630. The Morgan fingerprint density at radius 2 is 2.35 bits per heavy atom. The number of amides is 1. The molecular formula is C12H20N4O. The number of nitrogens with one attached hydrogen (secondary N) is 1. The van der Waals surface area contributed by atoms with Crippen molar-refractivity contribution < 1.29 is 4.79 Å². The first-order chi connectivity index (χ1) is 8.11. The minimum Gasteiger partial charge on any atom is -0.339 e. The van der Waals surface area contributed by atoms with Gasteiger partial charge in [-0.15, -0.1) is 0 Å². The zero-order valence-electron chi connectivity index (χ0n) is 10.6. The van der Waals surface area contributed by atoms with Crippen LogP contribution in [0.2, 0.25) is 0 Å². The summed E-state index contributed by atoms with van der Waals surface area (Å²) in [7, 11) is 1.80. The molecule has 94 valence electrons. The number of nitrogens with zero attached hydrogens (tertiary/aromatic N) is 2. The van der Waals surface area contributed by atoms with Gasteiger partial charge in [0.05, 0.1) is 5.56 Å². The molecular weight excluding hydrogens is 216 g/mol. The van der Waals surface area contributed by atoms with Crippen LogP contribution >= 0.6 is 0 Å². The summed E-state index contributed by atoms with van der Waals surface area (Å²) in [5, 5.41) is 0. The molecule has 0 aromatic carbocycles. The fraction of sp³-hybridized carbons (Fsp3) is 0.500. The van der Waals surface area contributed by atoms with Crippen LogP contribution in [0.25, 0.3) is 0 Å². The second-order valence-electron chi connectivity index (χ2n) is 4.10. The molecule has 0 saturated heterocycles. The lowest BCUT2D eigenvalue weighted by atomic mass is 10.1. The van der Waals surface area contributed by atoms with Crippen molar-refractivity contribution in [2.24, 2.45) is 5.84 Å². The number of nitrogens with two attached hydrogens (primary N) is 1. The number of carbonyl (C=O) groups excluding carboxylic acids is 1. The van der Waals surface area contributed by atoms with E-state index in [4.69, 9.17) is 5.84 Å². The Kier molecular flexibility index (Phi) is 4.90. The van der Waals surface area contributed by atoms with Crippen LogP contribution in [0.1, 0.15) is 37.0 Å². The molecule has 0 fully saturated rings. The summed E-state index contributed by atoms with van der Waals surface area (Å²) in [5.41, 5.74) is 2.94. The van der Waals surface area contributed by atoms with Crippen molar-refractivity contribution >= 4 is 11.7 Å². The number of nitrogen functional groups attached to an aromatic ring is 1. The summed E-state index contributed by atoms with van der Waals surface area (Å²) in [4.78, 5) is 18.0. The van der Waals surface area contributed by atoms with Crippen molar-refractivity contribution in [1.29, 1.82) is 0 Å². The normalized spacial score (nSPS) is 12.0. The van der Waals surface area contributed by atoms with Gasteiger partial charge in [-0.1, -0.05) is 13.3 Å². The largest absolute Gasteiger partial charge is 0.339 e. The van der Waals surface area contributed by atoms with Crippen molar-refractivity contribution in [2.45, 2.75) is 32.7 Å². The number of rotatable bonds is 5. The highest BCUT2D eigenvalue weighted by Crippen LogP contribution is 2.15. The zero-order chi connectivity index (χ0) is 12.8. The molecule has 1 aromatic heterocycles. The number of hydrazine groups is 1. The maximum atomic E-state index is 12.2. The molecule has 1 rings (SSSR count). The Labute approximate surface area is 102 Å². The van der Waals surface area contributed by atoms with Crippen molar-refractivity contribution in [3.05, 3.63) is 23.9 Å². The van der Waals surface area contributed by atoms with Gasteiger partial charge in [0.2, 0.25) is 0 Å². The zero-order valence-corrected chi connectivity index (χ0v) is 10.6. The maximum absolute atomic E-state index is 12.2. The molecule has 3 N–H and O–H groups in total. The van der Waals surface area contributed by atoms with Crippen molar-refractivity contribution in [3.63, 3.8) is 0 Å². The quantitative estimate of drug-likeness (QED) is 0.602. The van der Waals surface area contributed by atoms with Crippen LogP contribution in [0.15, 0.2) is 18.3 Å². The molecule has 0 aliphatic rings. The van der Waals surface area contributed by atoms with E-state index >= 15 is 0 Å². The molecule has 5 heteroatoms. The fourth-order valence-corrected chi connectivity index (χ4v) is 1.69. The Balaban J connectivity index is 2.88. The van der Waals surface area contributed by atoms with Crippen molar-refractivity contribution in [2.75, 3.05) is 12.5 Å². The highest BCUT2D eigenvalue weighted by Gasteiger charge is 2.19. The van der Waals surface area contributed by atoms with Crippen LogP contribution < -0.4 is 11.3 Å². The second kappa shape index (κ2) is 6.20. The lowest BCUT2D eigenvalue weighted by molar-refractivity contribution is 0.0737. The first kappa shape index (κ1) is 13.4. The van der Waals surface area contributed by atoms with Gasteiger partial charge in [0.1, 0.15) is 0 Å². The summed E-state index contributed by atoms with van der Waals surface area (Å²) in [6.07, 6.45) is 3.63. The van der Waals surface area contributed by atoms with E-state index in [2.05, 4.69) is 17.3 Å². The Hall–Kier alpha value is -1.62. The van der Waals surface area contributed by atoms with E-state index in [1.807, 2.05) is 6.92 Å². The van der Waals surface area contributed by atoms with Gasteiger partial charge >= 0.3 is 0 Å². The van der Waals surface area contributed by atoms with E-state index < -0.39 is 0 Å². The van der Waals surface area contributed by atoms with Gasteiger partial charge in [-0.3, -0.25) is 4.79 Å². The van der Waals surface area contributed by atoms with Crippen molar-refractivity contribution in [3.8, 4) is 0 Å². The SMILES string of the molecule is CCCC(C)N(C)C(=O)c1cccnc1NN. The van der Waals surface area contributed by atoms with E-state index in [0.717, 1.165) is 12.8 Å². The maximum Gasteiger partial charge on any atom is 0.257 e. The van der Waals surface area contributed by atoms with Gasteiger partial charge in [-0.25, -0.2) is 10.8 Å². The Bertz CT molecular complexity index is 381. The summed E-state index contributed by atoms with van der Waals surface area (Å²) in [6, 6.07) is 3.66. The monoisotopic (exact) mass is 236 g/mol. The third kappa shape index (κ3) is 3.17. The van der Waals surface area contributed by atoms with Gasteiger partial charge in [-0.05, 0) is 25.5 Å². The van der Waals surface area contributed by atoms with Crippen molar-refractivity contribution in [1.82, 2.24) is 9.88 Å². The predicted molar refractivity (Wildman–Crippen MR) is 68.5 cm³/mol. The summed E-state index contributed by atoms with van der Waals surface area (Å²) in [6.45, 7) is 4.14. The van der Waals surface area contributed by atoms with Crippen LogP contribution in [0.3, 0.4) is 0 Å². The Morgan fingerprint density at radius 3 is 2.94 bits per heavy atom. The average molecular weight is 236 g/mol. The highest BCUT2D eigenvalue weighted by molar-refractivity contribution is 5.98. The molecule has 1 atom stereocenters. The molecule has 0 spiro atoms. The summed E-state index contributed by atoms with van der Waals surface area (Å²) in [5.74, 6) is 5.69. The van der Waals surface area contributed by atoms with Crippen LogP contribution in [-0.4, -0.2) is 28.9 Å². The molecule has 0 radical (unpaired) electrons. The van der Waals surface area contributed by atoms with E-state index in [1.54, 1.807) is 30.3 Å². The van der Waals surface area contributed by atoms with E-state index in [0.29, 0.717) is 11.4 Å². The average Bonchev–Trinajstić information content (AvgIpc) is 2.37. The molecule has 1 amide bonds. The molecule has 1 heterocycles. The first-order valence-corrected chi connectivity index (χ1v) is 5.80. The van der Waals surface area contributed by atoms with Crippen LogP contribution in [0.5, 0.6) is 0 Å². The smallest absolute Gasteiger partial charge is 0.257 e. The van der Waals surface area contributed by atoms with E-state index in [9.17, 15) is 4.79 Å². The van der Waals surface area contributed by atoms with Crippen LogP contribution in [0.4, 0.5) is 5.82 Å². The molecule has 1 aromatic rings. The molecule has 0 bridgehead atoms. The minimum atomic E-state index is -0.0630. The standard InChI is InChI=1S/C12H20N4O/c1-4-6-9(2)16(3)12(17)10-7-5-8-14-11(10)15-13/h5,7-9H,4,6,13H2,1-3H3,(H,14,15). The number of anilines is 1. The molecule has 0 aliphatic carbocycles. The summed E-state index contributed by atoms with van der Waals surface area (Å²) >= 11 is 0. The molecule has 0 aliphatic heterocycles. The number of hydrogen-bond donors (Lipinski definition) is 2. The third-order valence-corrected chi connectivity index (χ3v) is 2.86. The molecule has 0 saturated carbocycles. The highest BCUT2D eigenvalue weighted by atomic mass is 16.2. The molecule has 1 unspecified atom stereocenters. The number of aromatic nitrogens is 1. The number of pyridine rings is 1. The molecule has 5 nitrogen and oxygen atoms in total. The van der Waals surface area contributed by atoms with Crippen LogP contribution in [0, 0.1) is 0 Å². The number of hydrogen-bond acceptors (Lipinski definition) is 4. The van der Waals surface area contributed by atoms with Gasteiger partial charge in [-0.2, -0.15) is 0 Å². The van der Waals surface area contributed by atoms with Gasteiger partial charge in [0.15, 0.2) is 5.82 Å². The first-order valence-electron chi connectivity index (χ1n) is 5.80. The molecule has 17 heavy (non-hydrogen) atoms. The fourth-order valence-electron chi connectivity index (χ4n) is 1.69. The van der Waals surface area contributed by atoms with Crippen LogP contribution in [-0.2, 0) is 0 Å². The van der Waals surface area contributed by atoms with E-state index in [-0.39, 0.29) is 11.9 Å². The van der Waals surface area contributed by atoms with E-state index in [1.165, 1.54) is 0 Å². The van der Waals surface area contributed by atoms with Gasteiger partial charge in [0, 0.05) is 19.3 Å². The lowest BCUT2D eigenvalue weighted by Gasteiger charge is -2.25. The second-order valence-corrected chi connectivity index (χ2v) is 4.10.